The van der Waals surface area contributed by atoms with Crippen molar-refractivity contribution in [3.05, 3.63) is 90.8 Å². The molecule has 0 bridgehead atoms. The lowest BCUT2D eigenvalue weighted by Gasteiger charge is -2.14. The molecule has 0 saturated heterocycles. The molecule has 0 aliphatic carbocycles. The van der Waals surface area contributed by atoms with E-state index in [0.29, 0.717) is 11.7 Å². The van der Waals surface area contributed by atoms with Gasteiger partial charge in [0.15, 0.2) is 11.0 Å². The highest BCUT2D eigenvalue weighted by molar-refractivity contribution is 8.00. The maximum Gasteiger partial charge on any atom is 0.237 e. The molecule has 1 amide bonds. The Labute approximate surface area is 179 Å². The fourth-order valence-corrected chi connectivity index (χ4v) is 3.82. The molecular weight excluding hydrogens is 394 g/mol. The summed E-state index contributed by atoms with van der Waals surface area (Å²) in [5, 5.41) is 12.1. The standard InChI is InChI=1S/C23H21N5OS/c1-17(22(29)25-20-12-6-3-7-13-20)30-23-27-26-21(19-11-8-14-24-15-19)28(23)16-18-9-4-2-5-10-18/h2-15,17H,16H2,1H3,(H,25,29)/t17-/m0/s1. The molecule has 0 radical (unpaired) electrons. The molecule has 150 valence electrons. The van der Waals surface area contributed by atoms with Crippen molar-refractivity contribution in [2.75, 3.05) is 5.32 Å². The predicted octanol–water partition coefficient (Wildman–Crippen LogP) is 4.51. The van der Waals surface area contributed by atoms with Crippen molar-refractivity contribution in [2.24, 2.45) is 0 Å². The van der Waals surface area contributed by atoms with Gasteiger partial charge in [0.2, 0.25) is 5.91 Å². The van der Waals surface area contributed by atoms with Crippen LogP contribution in [-0.4, -0.2) is 30.9 Å². The summed E-state index contributed by atoms with van der Waals surface area (Å²) < 4.78 is 2.03. The topological polar surface area (TPSA) is 72.7 Å². The van der Waals surface area contributed by atoms with E-state index in [0.717, 1.165) is 22.6 Å². The molecule has 0 saturated carbocycles. The number of anilines is 1. The fraction of sp³-hybridized carbons (Fsp3) is 0.130. The van der Waals surface area contributed by atoms with Crippen LogP contribution in [-0.2, 0) is 11.3 Å². The molecule has 1 N–H and O–H groups in total. The number of amides is 1. The van der Waals surface area contributed by atoms with E-state index >= 15 is 0 Å². The lowest BCUT2D eigenvalue weighted by Crippen LogP contribution is -2.23. The number of carbonyl (C=O) groups excluding carboxylic acids is 1. The summed E-state index contributed by atoms with van der Waals surface area (Å²) in [6.07, 6.45) is 3.50. The average Bonchev–Trinajstić information content (AvgIpc) is 3.17. The van der Waals surface area contributed by atoms with Gasteiger partial charge >= 0.3 is 0 Å². The molecule has 4 aromatic rings. The second-order valence-corrected chi connectivity index (χ2v) is 8.04. The molecule has 0 fully saturated rings. The van der Waals surface area contributed by atoms with Crippen LogP contribution in [0.5, 0.6) is 0 Å². The van der Waals surface area contributed by atoms with Crippen LogP contribution in [0.1, 0.15) is 12.5 Å². The zero-order valence-electron chi connectivity index (χ0n) is 16.5. The zero-order valence-corrected chi connectivity index (χ0v) is 17.3. The van der Waals surface area contributed by atoms with Crippen molar-refractivity contribution < 1.29 is 4.79 Å². The highest BCUT2D eigenvalue weighted by Gasteiger charge is 2.21. The van der Waals surface area contributed by atoms with Crippen LogP contribution in [0.2, 0.25) is 0 Å². The highest BCUT2D eigenvalue weighted by Crippen LogP contribution is 2.28. The van der Waals surface area contributed by atoms with Gasteiger partial charge in [-0.05, 0) is 36.8 Å². The second-order valence-electron chi connectivity index (χ2n) is 6.73. The summed E-state index contributed by atoms with van der Waals surface area (Å²) in [5.41, 5.74) is 2.79. The van der Waals surface area contributed by atoms with Crippen molar-refractivity contribution in [3.8, 4) is 11.4 Å². The molecule has 2 aromatic heterocycles. The van der Waals surface area contributed by atoms with E-state index in [4.69, 9.17) is 0 Å². The normalized spacial score (nSPS) is 11.8. The Morgan fingerprint density at radius 2 is 1.73 bits per heavy atom. The lowest BCUT2D eigenvalue weighted by atomic mass is 10.2. The second kappa shape index (κ2) is 9.37. The number of para-hydroxylation sites is 1. The van der Waals surface area contributed by atoms with Crippen LogP contribution >= 0.6 is 11.8 Å². The van der Waals surface area contributed by atoms with Gasteiger partial charge in [-0.15, -0.1) is 10.2 Å². The number of aromatic nitrogens is 4. The molecule has 7 heteroatoms. The van der Waals surface area contributed by atoms with E-state index in [1.807, 2.05) is 72.2 Å². The number of thioether (sulfide) groups is 1. The third-order valence-corrected chi connectivity index (χ3v) is 5.59. The molecule has 4 rings (SSSR count). The van der Waals surface area contributed by atoms with E-state index in [9.17, 15) is 4.79 Å². The first kappa shape index (κ1) is 19.8. The van der Waals surface area contributed by atoms with Gasteiger partial charge in [0.1, 0.15) is 0 Å². The molecule has 0 unspecified atom stereocenters. The summed E-state index contributed by atoms with van der Waals surface area (Å²) >= 11 is 1.39. The highest BCUT2D eigenvalue weighted by atomic mass is 32.2. The van der Waals surface area contributed by atoms with Crippen molar-refractivity contribution in [2.45, 2.75) is 23.9 Å². The van der Waals surface area contributed by atoms with E-state index in [2.05, 4.69) is 32.6 Å². The number of nitrogens with zero attached hydrogens (tertiary/aromatic N) is 4. The Balaban J connectivity index is 1.59. The van der Waals surface area contributed by atoms with Crippen molar-refractivity contribution >= 4 is 23.4 Å². The summed E-state index contributed by atoms with van der Waals surface area (Å²) in [6, 6.07) is 23.4. The number of nitrogens with one attached hydrogen (secondary N) is 1. The quantitative estimate of drug-likeness (QED) is 0.450. The largest absolute Gasteiger partial charge is 0.325 e. The van der Waals surface area contributed by atoms with Crippen LogP contribution in [0.25, 0.3) is 11.4 Å². The minimum Gasteiger partial charge on any atom is -0.325 e. The minimum absolute atomic E-state index is 0.0802. The van der Waals surface area contributed by atoms with E-state index < -0.39 is 0 Å². The van der Waals surface area contributed by atoms with E-state index in [-0.39, 0.29) is 11.2 Å². The molecule has 2 heterocycles. The van der Waals surface area contributed by atoms with Gasteiger partial charge < -0.3 is 5.32 Å². The molecule has 6 nitrogen and oxygen atoms in total. The maximum absolute atomic E-state index is 12.7. The van der Waals surface area contributed by atoms with Crippen LogP contribution in [0, 0.1) is 0 Å². The van der Waals surface area contributed by atoms with Gasteiger partial charge in [-0.3, -0.25) is 14.3 Å². The van der Waals surface area contributed by atoms with Gasteiger partial charge in [-0.1, -0.05) is 60.3 Å². The van der Waals surface area contributed by atoms with Gasteiger partial charge in [-0.2, -0.15) is 0 Å². The number of carbonyl (C=O) groups is 1. The van der Waals surface area contributed by atoms with Crippen molar-refractivity contribution in [1.29, 1.82) is 0 Å². The number of benzene rings is 2. The number of hydrogen-bond acceptors (Lipinski definition) is 5. The summed E-state index contributed by atoms with van der Waals surface area (Å²) in [4.78, 5) is 16.9. The maximum atomic E-state index is 12.7. The third-order valence-electron chi connectivity index (χ3n) is 4.51. The Hall–Kier alpha value is -3.45. The number of rotatable bonds is 7. The smallest absolute Gasteiger partial charge is 0.237 e. The third kappa shape index (κ3) is 4.75. The molecule has 0 spiro atoms. The van der Waals surface area contributed by atoms with Crippen molar-refractivity contribution in [1.82, 2.24) is 19.7 Å². The monoisotopic (exact) mass is 415 g/mol. The molecular formula is C23H21N5OS. The van der Waals surface area contributed by atoms with E-state index in [1.165, 1.54) is 11.8 Å². The van der Waals surface area contributed by atoms with Gasteiger partial charge in [0.05, 0.1) is 11.8 Å². The average molecular weight is 416 g/mol. The van der Waals surface area contributed by atoms with Gasteiger partial charge in [0, 0.05) is 23.6 Å². The first-order chi connectivity index (χ1) is 14.7. The van der Waals surface area contributed by atoms with Gasteiger partial charge in [0.25, 0.3) is 0 Å². The molecule has 1 atom stereocenters. The van der Waals surface area contributed by atoms with Crippen LogP contribution in [0.4, 0.5) is 5.69 Å². The summed E-state index contributed by atoms with van der Waals surface area (Å²) in [6.45, 7) is 2.47. The fourth-order valence-electron chi connectivity index (χ4n) is 2.97. The molecule has 2 aromatic carbocycles. The van der Waals surface area contributed by atoms with Gasteiger partial charge in [-0.25, -0.2) is 0 Å². The predicted molar refractivity (Wildman–Crippen MR) is 119 cm³/mol. The first-order valence-corrected chi connectivity index (χ1v) is 10.5. The molecule has 0 aliphatic heterocycles. The summed E-state index contributed by atoms with van der Waals surface area (Å²) in [5.74, 6) is 0.647. The Morgan fingerprint density at radius 3 is 2.43 bits per heavy atom. The summed E-state index contributed by atoms with van der Waals surface area (Å²) in [7, 11) is 0. The number of hydrogen-bond donors (Lipinski definition) is 1. The van der Waals surface area contributed by atoms with Crippen LogP contribution < -0.4 is 5.32 Å². The Morgan fingerprint density at radius 1 is 1.00 bits per heavy atom. The van der Waals surface area contributed by atoms with E-state index in [1.54, 1.807) is 12.4 Å². The Kier molecular flexibility index (Phi) is 6.20. The Bertz CT molecular complexity index is 1100. The lowest BCUT2D eigenvalue weighted by molar-refractivity contribution is -0.115. The molecule has 30 heavy (non-hydrogen) atoms. The zero-order chi connectivity index (χ0) is 20.8. The molecule has 0 aliphatic rings. The minimum atomic E-state index is -0.342. The van der Waals surface area contributed by atoms with Crippen molar-refractivity contribution in [3.63, 3.8) is 0 Å². The number of pyridine rings is 1. The SMILES string of the molecule is C[C@H](Sc1nnc(-c2cccnc2)n1Cc1ccccc1)C(=O)Nc1ccccc1. The first-order valence-electron chi connectivity index (χ1n) is 9.61. The van der Waals surface area contributed by atoms with Crippen LogP contribution in [0.3, 0.4) is 0 Å². The van der Waals surface area contributed by atoms with Crippen LogP contribution in [0.15, 0.2) is 90.3 Å².